The highest BCUT2D eigenvalue weighted by atomic mass is 16.3. The van der Waals surface area contributed by atoms with Crippen LogP contribution >= 0.6 is 0 Å². The Balaban J connectivity index is 1.67. The standard InChI is InChI=1S/C13H20N2O/c16-13(7-10-3-1-2-4-10)12-8-14-9-15(12)11-5-6-11/h8-11,13,16H,1-7H2. The maximum absolute atomic E-state index is 10.3. The van der Waals surface area contributed by atoms with Crippen molar-refractivity contribution in [1.29, 1.82) is 0 Å². The fourth-order valence-electron chi connectivity index (χ4n) is 2.91. The first-order valence-electron chi connectivity index (χ1n) is 6.54. The number of aliphatic hydroxyl groups excluding tert-OH is 1. The monoisotopic (exact) mass is 220 g/mol. The van der Waals surface area contributed by atoms with Gasteiger partial charge in [-0.05, 0) is 25.2 Å². The summed E-state index contributed by atoms with van der Waals surface area (Å²) in [6, 6.07) is 0.621. The Bertz CT molecular complexity index is 351. The highest BCUT2D eigenvalue weighted by Gasteiger charge is 2.28. The molecular weight excluding hydrogens is 200 g/mol. The molecule has 0 spiro atoms. The van der Waals surface area contributed by atoms with Gasteiger partial charge in [-0.2, -0.15) is 0 Å². The topological polar surface area (TPSA) is 38.1 Å². The van der Waals surface area contributed by atoms with E-state index in [9.17, 15) is 5.11 Å². The van der Waals surface area contributed by atoms with Gasteiger partial charge < -0.3 is 9.67 Å². The fraction of sp³-hybridized carbons (Fsp3) is 0.769. The molecule has 88 valence electrons. The van der Waals surface area contributed by atoms with Gasteiger partial charge >= 0.3 is 0 Å². The Kier molecular flexibility index (Phi) is 2.72. The van der Waals surface area contributed by atoms with Crippen molar-refractivity contribution in [1.82, 2.24) is 9.55 Å². The van der Waals surface area contributed by atoms with E-state index in [1.165, 1.54) is 38.5 Å². The van der Waals surface area contributed by atoms with Gasteiger partial charge in [-0.3, -0.25) is 0 Å². The van der Waals surface area contributed by atoms with Crippen LogP contribution in [-0.2, 0) is 0 Å². The molecule has 0 amide bonds. The third-order valence-corrected chi connectivity index (χ3v) is 4.01. The van der Waals surface area contributed by atoms with Crippen LogP contribution in [0.25, 0.3) is 0 Å². The van der Waals surface area contributed by atoms with Crippen LogP contribution in [0.4, 0.5) is 0 Å². The molecule has 0 aromatic carbocycles. The minimum absolute atomic E-state index is 0.300. The lowest BCUT2D eigenvalue weighted by Crippen LogP contribution is -2.09. The molecule has 3 nitrogen and oxygen atoms in total. The van der Waals surface area contributed by atoms with Crippen LogP contribution in [0.2, 0.25) is 0 Å². The first-order chi connectivity index (χ1) is 7.84. The van der Waals surface area contributed by atoms with Crippen LogP contribution in [0.5, 0.6) is 0 Å². The minimum atomic E-state index is -0.300. The van der Waals surface area contributed by atoms with E-state index in [4.69, 9.17) is 0 Å². The van der Waals surface area contributed by atoms with Crippen molar-refractivity contribution in [3.05, 3.63) is 18.2 Å². The number of aliphatic hydroxyl groups is 1. The summed E-state index contributed by atoms with van der Waals surface area (Å²) in [5.41, 5.74) is 1.04. The van der Waals surface area contributed by atoms with Crippen LogP contribution in [0.1, 0.15) is 62.8 Å². The van der Waals surface area contributed by atoms with Gasteiger partial charge in [0.05, 0.1) is 24.3 Å². The SMILES string of the molecule is OC(CC1CCCC1)c1cncn1C1CC1. The fourth-order valence-corrected chi connectivity index (χ4v) is 2.91. The lowest BCUT2D eigenvalue weighted by Gasteiger charge is -2.16. The molecule has 1 atom stereocenters. The Morgan fingerprint density at radius 2 is 2.06 bits per heavy atom. The van der Waals surface area contributed by atoms with Gasteiger partial charge in [0.1, 0.15) is 0 Å². The Morgan fingerprint density at radius 3 is 2.75 bits per heavy atom. The van der Waals surface area contributed by atoms with Crippen LogP contribution < -0.4 is 0 Å². The number of aromatic nitrogens is 2. The lowest BCUT2D eigenvalue weighted by atomic mass is 9.98. The lowest BCUT2D eigenvalue weighted by molar-refractivity contribution is 0.136. The number of rotatable bonds is 4. The molecule has 1 unspecified atom stereocenters. The third-order valence-electron chi connectivity index (χ3n) is 4.01. The maximum atomic E-state index is 10.3. The molecule has 16 heavy (non-hydrogen) atoms. The molecule has 2 aliphatic carbocycles. The Morgan fingerprint density at radius 1 is 1.31 bits per heavy atom. The largest absolute Gasteiger partial charge is 0.387 e. The van der Waals surface area contributed by atoms with E-state index >= 15 is 0 Å². The van der Waals surface area contributed by atoms with E-state index in [1.807, 2.05) is 12.5 Å². The summed E-state index contributed by atoms with van der Waals surface area (Å²) in [7, 11) is 0. The zero-order chi connectivity index (χ0) is 11.0. The summed E-state index contributed by atoms with van der Waals surface area (Å²) >= 11 is 0. The molecule has 1 aromatic heterocycles. The van der Waals surface area contributed by atoms with Crippen LogP contribution in [0, 0.1) is 5.92 Å². The summed E-state index contributed by atoms with van der Waals surface area (Å²) < 4.78 is 2.18. The summed E-state index contributed by atoms with van der Waals surface area (Å²) in [6.07, 6.45) is 12.1. The highest BCUT2D eigenvalue weighted by Crippen LogP contribution is 2.39. The van der Waals surface area contributed by atoms with Crippen LogP contribution in [0.3, 0.4) is 0 Å². The zero-order valence-corrected chi connectivity index (χ0v) is 9.68. The summed E-state index contributed by atoms with van der Waals surface area (Å²) in [5, 5.41) is 10.3. The van der Waals surface area contributed by atoms with Gasteiger partial charge in [0.2, 0.25) is 0 Å². The molecule has 1 heterocycles. The molecule has 2 saturated carbocycles. The van der Waals surface area contributed by atoms with Gasteiger partial charge in [-0.25, -0.2) is 4.98 Å². The summed E-state index contributed by atoms with van der Waals surface area (Å²) in [4.78, 5) is 4.18. The minimum Gasteiger partial charge on any atom is -0.387 e. The van der Waals surface area contributed by atoms with Crippen molar-refractivity contribution >= 4 is 0 Å². The maximum Gasteiger partial charge on any atom is 0.0958 e. The molecular formula is C13H20N2O. The predicted molar refractivity (Wildman–Crippen MR) is 62.0 cm³/mol. The van der Waals surface area contributed by atoms with Crippen molar-refractivity contribution in [2.24, 2.45) is 5.92 Å². The summed E-state index contributed by atoms with van der Waals surface area (Å²) in [6.45, 7) is 0. The summed E-state index contributed by atoms with van der Waals surface area (Å²) in [5.74, 6) is 0.734. The third kappa shape index (κ3) is 2.01. The zero-order valence-electron chi connectivity index (χ0n) is 9.68. The Labute approximate surface area is 96.5 Å². The second-order valence-electron chi connectivity index (χ2n) is 5.36. The molecule has 2 aliphatic rings. The molecule has 0 radical (unpaired) electrons. The quantitative estimate of drug-likeness (QED) is 0.847. The van der Waals surface area contributed by atoms with Gasteiger partial charge in [-0.1, -0.05) is 25.7 Å². The number of nitrogens with zero attached hydrogens (tertiary/aromatic N) is 2. The van der Waals surface area contributed by atoms with Crippen molar-refractivity contribution in [3.63, 3.8) is 0 Å². The van der Waals surface area contributed by atoms with Crippen molar-refractivity contribution in [2.45, 2.75) is 57.1 Å². The average molecular weight is 220 g/mol. The Hall–Kier alpha value is -0.830. The van der Waals surface area contributed by atoms with Crippen LogP contribution in [0.15, 0.2) is 12.5 Å². The van der Waals surface area contributed by atoms with Crippen LogP contribution in [-0.4, -0.2) is 14.7 Å². The molecule has 3 rings (SSSR count). The van der Waals surface area contributed by atoms with Gasteiger partial charge in [-0.15, -0.1) is 0 Å². The molecule has 2 fully saturated rings. The first-order valence-corrected chi connectivity index (χ1v) is 6.54. The van der Waals surface area contributed by atoms with Gasteiger partial charge in [0.25, 0.3) is 0 Å². The predicted octanol–water partition coefficient (Wildman–Crippen LogP) is 2.83. The first kappa shape index (κ1) is 10.3. The van der Waals surface area contributed by atoms with Gasteiger partial charge in [0, 0.05) is 6.04 Å². The van der Waals surface area contributed by atoms with E-state index in [-0.39, 0.29) is 6.10 Å². The smallest absolute Gasteiger partial charge is 0.0958 e. The second kappa shape index (κ2) is 4.21. The highest BCUT2D eigenvalue weighted by molar-refractivity contribution is 5.07. The molecule has 0 saturated heterocycles. The molecule has 0 bridgehead atoms. The van der Waals surface area contributed by atoms with Crippen molar-refractivity contribution in [2.75, 3.05) is 0 Å². The van der Waals surface area contributed by atoms with Crippen molar-refractivity contribution in [3.8, 4) is 0 Å². The van der Waals surface area contributed by atoms with Gasteiger partial charge in [0.15, 0.2) is 0 Å². The van der Waals surface area contributed by atoms with E-state index in [2.05, 4.69) is 9.55 Å². The molecule has 1 N–H and O–H groups in total. The molecule has 0 aliphatic heterocycles. The second-order valence-corrected chi connectivity index (χ2v) is 5.36. The van der Waals surface area contributed by atoms with E-state index in [0.29, 0.717) is 6.04 Å². The number of hydrogen-bond acceptors (Lipinski definition) is 2. The van der Waals surface area contributed by atoms with Crippen molar-refractivity contribution < 1.29 is 5.11 Å². The van der Waals surface area contributed by atoms with E-state index in [0.717, 1.165) is 18.0 Å². The molecule has 1 aromatic rings. The van der Waals surface area contributed by atoms with E-state index in [1.54, 1.807) is 0 Å². The van der Waals surface area contributed by atoms with E-state index < -0.39 is 0 Å². The molecule has 3 heteroatoms. The number of imidazole rings is 1. The average Bonchev–Trinajstić information content (AvgIpc) is 2.82. The normalized spacial score (nSPS) is 23.8. The number of hydrogen-bond donors (Lipinski definition) is 1.